The summed E-state index contributed by atoms with van der Waals surface area (Å²) in [6.45, 7) is 0.438. The first-order valence-electron chi connectivity index (χ1n) is 6.15. The van der Waals surface area contributed by atoms with Crippen molar-refractivity contribution in [2.24, 2.45) is 5.73 Å². The highest BCUT2D eigenvalue weighted by Gasteiger charge is 2.09. The number of imidazole rings is 1. The van der Waals surface area contributed by atoms with Crippen molar-refractivity contribution in [2.45, 2.75) is 13.0 Å². The molecule has 0 amide bonds. The van der Waals surface area contributed by atoms with Gasteiger partial charge >= 0.3 is 5.69 Å². The Hall–Kier alpha value is -2.67. The summed E-state index contributed by atoms with van der Waals surface area (Å²) < 4.78 is 0. The third-order valence-electron chi connectivity index (χ3n) is 3.14. The van der Waals surface area contributed by atoms with Gasteiger partial charge in [-0.3, -0.25) is 14.8 Å². The Morgan fingerprint density at radius 1 is 1.05 bits per heavy atom. The molecule has 0 fully saturated rings. The zero-order chi connectivity index (χ0) is 14.1. The maximum absolute atomic E-state index is 11.6. The van der Waals surface area contributed by atoms with Crippen LogP contribution in [0, 0.1) is 0 Å². The van der Waals surface area contributed by atoms with Crippen molar-refractivity contribution in [3.63, 3.8) is 0 Å². The Labute approximate surface area is 112 Å². The number of nitrogens with zero attached hydrogens (tertiary/aromatic N) is 1. The molecule has 1 aromatic carbocycles. The second-order valence-corrected chi connectivity index (χ2v) is 4.46. The Morgan fingerprint density at radius 3 is 2.55 bits per heavy atom. The summed E-state index contributed by atoms with van der Waals surface area (Å²) in [5.41, 5.74) is 7.24. The highest BCUT2D eigenvalue weighted by atomic mass is 16.2. The van der Waals surface area contributed by atoms with Gasteiger partial charge in [-0.2, -0.15) is 0 Å². The van der Waals surface area contributed by atoms with Gasteiger partial charge in [0.1, 0.15) is 11.3 Å². The van der Waals surface area contributed by atoms with E-state index < -0.39 is 11.2 Å². The Bertz CT molecular complexity index is 874. The largest absolute Gasteiger partial charge is 0.336 e. The number of aromatic amines is 3. The van der Waals surface area contributed by atoms with Crippen molar-refractivity contribution >= 4 is 11.2 Å². The maximum atomic E-state index is 11.6. The van der Waals surface area contributed by atoms with Crippen LogP contribution in [-0.4, -0.2) is 19.9 Å². The average molecular weight is 271 g/mol. The molecule has 7 heteroatoms. The lowest BCUT2D eigenvalue weighted by atomic mass is 10.0. The number of nitrogens with two attached hydrogens (primary N) is 1. The molecule has 0 radical (unpaired) electrons. The number of rotatable bonds is 3. The van der Waals surface area contributed by atoms with Gasteiger partial charge in [-0.1, -0.05) is 24.3 Å². The van der Waals surface area contributed by atoms with E-state index in [0.717, 1.165) is 11.1 Å². The van der Waals surface area contributed by atoms with Crippen LogP contribution in [0.3, 0.4) is 0 Å². The molecule has 20 heavy (non-hydrogen) atoms. The summed E-state index contributed by atoms with van der Waals surface area (Å²) in [6.07, 6.45) is 0.517. The molecule has 102 valence electrons. The SMILES string of the molecule is NCc1ccccc1Cc1nc2[nH]c(=O)[nH]c(=O)c2[nH]1. The van der Waals surface area contributed by atoms with Gasteiger partial charge in [0.05, 0.1) is 0 Å². The van der Waals surface area contributed by atoms with E-state index in [0.29, 0.717) is 18.8 Å². The molecule has 0 saturated heterocycles. The van der Waals surface area contributed by atoms with Gasteiger partial charge in [0.25, 0.3) is 5.56 Å². The van der Waals surface area contributed by atoms with Gasteiger partial charge in [-0.15, -0.1) is 0 Å². The molecule has 2 aromatic heterocycles. The van der Waals surface area contributed by atoms with E-state index in [9.17, 15) is 9.59 Å². The second kappa shape index (κ2) is 4.78. The zero-order valence-electron chi connectivity index (χ0n) is 10.6. The fraction of sp³-hybridized carbons (Fsp3) is 0.154. The van der Waals surface area contributed by atoms with E-state index in [4.69, 9.17) is 5.73 Å². The summed E-state index contributed by atoms with van der Waals surface area (Å²) >= 11 is 0. The Balaban J connectivity index is 2.05. The summed E-state index contributed by atoms with van der Waals surface area (Å²) in [5.74, 6) is 0.605. The van der Waals surface area contributed by atoms with Gasteiger partial charge in [0.2, 0.25) is 0 Å². The molecule has 3 rings (SSSR count). The molecule has 5 N–H and O–H groups in total. The average Bonchev–Trinajstić information content (AvgIpc) is 2.82. The Morgan fingerprint density at radius 2 is 1.80 bits per heavy atom. The van der Waals surface area contributed by atoms with Gasteiger partial charge < -0.3 is 10.7 Å². The van der Waals surface area contributed by atoms with Crippen LogP contribution in [0.15, 0.2) is 33.9 Å². The number of aromatic nitrogens is 4. The van der Waals surface area contributed by atoms with Crippen molar-refractivity contribution in [1.82, 2.24) is 19.9 Å². The summed E-state index contributed by atoms with van der Waals surface area (Å²) in [5, 5.41) is 0. The van der Waals surface area contributed by atoms with Crippen LogP contribution in [0.25, 0.3) is 11.2 Å². The molecule has 0 bridgehead atoms. The molecule has 0 aliphatic rings. The van der Waals surface area contributed by atoms with Crippen LogP contribution in [0.2, 0.25) is 0 Å². The van der Waals surface area contributed by atoms with Crippen molar-refractivity contribution < 1.29 is 0 Å². The second-order valence-electron chi connectivity index (χ2n) is 4.46. The topological polar surface area (TPSA) is 120 Å². The van der Waals surface area contributed by atoms with E-state index in [2.05, 4.69) is 19.9 Å². The lowest BCUT2D eigenvalue weighted by Gasteiger charge is -2.04. The lowest BCUT2D eigenvalue weighted by molar-refractivity contribution is 0.976. The third-order valence-corrected chi connectivity index (χ3v) is 3.14. The normalized spacial score (nSPS) is 11.1. The van der Waals surface area contributed by atoms with E-state index in [-0.39, 0.29) is 11.2 Å². The van der Waals surface area contributed by atoms with Crippen molar-refractivity contribution in [2.75, 3.05) is 0 Å². The molecule has 0 saturated carbocycles. The Kier molecular flexibility index (Phi) is 2.96. The van der Waals surface area contributed by atoms with E-state index in [1.807, 2.05) is 24.3 Å². The van der Waals surface area contributed by atoms with Crippen LogP contribution < -0.4 is 17.0 Å². The number of H-pyrrole nitrogens is 3. The molecule has 0 aliphatic carbocycles. The van der Waals surface area contributed by atoms with E-state index in [1.165, 1.54) is 0 Å². The first kappa shape index (κ1) is 12.4. The molecule has 0 atom stereocenters. The highest BCUT2D eigenvalue weighted by Crippen LogP contribution is 2.13. The zero-order valence-corrected chi connectivity index (χ0v) is 10.6. The number of hydrogen-bond acceptors (Lipinski definition) is 4. The standard InChI is InChI=1S/C13H13N5O2/c14-6-8-4-2-1-3-7(8)5-9-15-10-11(16-9)17-13(20)18-12(10)19/h1-4H,5-6,14H2,(H3,15,16,17,18,19,20). The predicted molar refractivity (Wildman–Crippen MR) is 74.5 cm³/mol. The summed E-state index contributed by atoms with van der Waals surface area (Å²) in [6, 6.07) is 7.76. The van der Waals surface area contributed by atoms with Crippen LogP contribution >= 0.6 is 0 Å². The highest BCUT2D eigenvalue weighted by molar-refractivity contribution is 5.68. The minimum Gasteiger partial charge on any atom is -0.336 e. The smallest absolute Gasteiger partial charge is 0.327 e. The molecule has 0 aliphatic heterocycles. The fourth-order valence-electron chi connectivity index (χ4n) is 2.17. The van der Waals surface area contributed by atoms with Crippen molar-refractivity contribution in [1.29, 1.82) is 0 Å². The minimum atomic E-state index is -0.567. The summed E-state index contributed by atoms with van der Waals surface area (Å²) in [4.78, 5) is 34.6. The number of hydrogen-bond donors (Lipinski definition) is 4. The van der Waals surface area contributed by atoms with Crippen LogP contribution in [0.1, 0.15) is 17.0 Å². The number of benzene rings is 1. The number of nitrogens with one attached hydrogen (secondary N) is 3. The summed E-state index contributed by atoms with van der Waals surface area (Å²) in [7, 11) is 0. The molecule has 2 heterocycles. The first-order chi connectivity index (χ1) is 9.67. The molecule has 7 nitrogen and oxygen atoms in total. The molecular formula is C13H13N5O2. The molecule has 0 unspecified atom stereocenters. The van der Waals surface area contributed by atoms with E-state index in [1.54, 1.807) is 0 Å². The first-order valence-corrected chi connectivity index (χ1v) is 6.15. The molecule has 0 spiro atoms. The minimum absolute atomic E-state index is 0.263. The monoisotopic (exact) mass is 271 g/mol. The maximum Gasteiger partial charge on any atom is 0.327 e. The van der Waals surface area contributed by atoms with Gasteiger partial charge in [0.15, 0.2) is 5.65 Å². The molecule has 3 aromatic rings. The van der Waals surface area contributed by atoms with E-state index >= 15 is 0 Å². The van der Waals surface area contributed by atoms with Crippen LogP contribution in [0.5, 0.6) is 0 Å². The van der Waals surface area contributed by atoms with Gasteiger partial charge in [-0.25, -0.2) is 9.78 Å². The molecular weight excluding hydrogens is 258 g/mol. The van der Waals surface area contributed by atoms with Gasteiger partial charge in [0, 0.05) is 13.0 Å². The van der Waals surface area contributed by atoms with Crippen LogP contribution in [0.4, 0.5) is 0 Å². The van der Waals surface area contributed by atoms with Crippen molar-refractivity contribution in [3.05, 3.63) is 62.1 Å². The quantitative estimate of drug-likeness (QED) is 0.535. The van der Waals surface area contributed by atoms with Crippen LogP contribution in [-0.2, 0) is 13.0 Å². The fourth-order valence-corrected chi connectivity index (χ4v) is 2.17. The number of fused-ring (bicyclic) bond motifs is 1. The van der Waals surface area contributed by atoms with Crippen molar-refractivity contribution in [3.8, 4) is 0 Å². The third kappa shape index (κ3) is 2.14. The lowest BCUT2D eigenvalue weighted by Crippen LogP contribution is -2.21. The van der Waals surface area contributed by atoms with Gasteiger partial charge in [-0.05, 0) is 11.1 Å². The predicted octanol–water partition coefficient (Wildman–Crippen LogP) is -0.0110.